The largest absolute Gasteiger partial charge is 0.478 e. The molecule has 0 aromatic heterocycles. The Kier molecular flexibility index (Phi) is 5.98. The second-order valence-corrected chi connectivity index (χ2v) is 4.81. The fourth-order valence-corrected chi connectivity index (χ4v) is 1.87. The van der Waals surface area contributed by atoms with E-state index in [4.69, 9.17) is 5.11 Å². The zero-order chi connectivity index (χ0) is 15.1. The number of amides is 3. The highest BCUT2D eigenvalue weighted by Gasteiger charge is 2.08. The molecule has 0 saturated heterocycles. The van der Waals surface area contributed by atoms with Crippen LogP contribution in [0.4, 0.5) is 10.5 Å². The van der Waals surface area contributed by atoms with E-state index >= 15 is 0 Å². The Bertz CT molecular complexity index is 533. The zero-order valence-electron chi connectivity index (χ0n) is 10.7. The van der Waals surface area contributed by atoms with Crippen molar-refractivity contribution in [2.75, 3.05) is 18.4 Å². The Balaban J connectivity index is 2.53. The van der Waals surface area contributed by atoms with Crippen LogP contribution in [0.1, 0.15) is 17.3 Å². The van der Waals surface area contributed by atoms with Crippen LogP contribution >= 0.6 is 15.9 Å². The minimum absolute atomic E-state index is 0.0629. The van der Waals surface area contributed by atoms with E-state index < -0.39 is 12.0 Å². The summed E-state index contributed by atoms with van der Waals surface area (Å²) in [6, 6.07) is 3.88. The highest BCUT2D eigenvalue weighted by atomic mass is 79.9. The molecule has 0 saturated carbocycles. The Morgan fingerprint density at radius 1 is 1.15 bits per heavy atom. The molecule has 8 heteroatoms. The molecule has 0 radical (unpaired) electrons. The van der Waals surface area contributed by atoms with E-state index in [1.165, 1.54) is 19.1 Å². The zero-order valence-corrected chi connectivity index (χ0v) is 12.3. The highest BCUT2D eigenvalue weighted by Crippen LogP contribution is 2.19. The van der Waals surface area contributed by atoms with Gasteiger partial charge in [-0.3, -0.25) is 4.79 Å². The van der Waals surface area contributed by atoms with Crippen molar-refractivity contribution in [2.45, 2.75) is 6.92 Å². The molecule has 0 aliphatic carbocycles. The van der Waals surface area contributed by atoms with Gasteiger partial charge in [-0.2, -0.15) is 0 Å². The molecule has 0 atom stereocenters. The lowest BCUT2D eigenvalue weighted by atomic mass is 10.2. The number of aromatic carboxylic acids is 1. The van der Waals surface area contributed by atoms with E-state index in [9.17, 15) is 14.4 Å². The minimum atomic E-state index is -1.08. The quantitative estimate of drug-likeness (QED) is 0.606. The first-order valence-corrected chi connectivity index (χ1v) is 6.51. The number of carbonyl (C=O) groups is 3. The molecule has 4 N–H and O–H groups in total. The van der Waals surface area contributed by atoms with Crippen LogP contribution in [0.3, 0.4) is 0 Å². The summed E-state index contributed by atoms with van der Waals surface area (Å²) in [6.07, 6.45) is 0. The van der Waals surface area contributed by atoms with Gasteiger partial charge in [0, 0.05) is 30.2 Å². The van der Waals surface area contributed by atoms with Gasteiger partial charge in [0.1, 0.15) is 0 Å². The normalized spacial score (nSPS) is 9.70. The van der Waals surface area contributed by atoms with E-state index in [1.54, 1.807) is 6.07 Å². The summed E-state index contributed by atoms with van der Waals surface area (Å²) in [5.74, 6) is -1.26. The summed E-state index contributed by atoms with van der Waals surface area (Å²) in [4.78, 5) is 33.0. The summed E-state index contributed by atoms with van der Waals surface area (Å²) in [7, 11) is 0. The van der Waals surface area contributed by atoms with Gasteiger partial charge in [-0.05, 0) is 18.2 Å². The molecule has 0 bridgehead atoms. The van der Waals surface area contributed by atoms with Crippen LogP contribution in [-0.4, -0.2) is 36.1 Å². The van der Waals surface area contributed by atoms with Crippen molar-refractivity contribution in [3.05, 3.63) is 28.2 Å². The van der Waals surface area contributed by atoms with E-state index in [1.807, 2.05) is 0 Å². The summed E-state index contributed by atoms with van der Waals surface area (Å²) in [5.41, 5.74) is 0.418. The van der Waals surface area contributed by atoms with Gasteiger partial charge in [-0.1, -0.05) is 15.9 Å². The average molecular weight is 344 g/mol. The number of benzene rings is 1. The monoisotopic (exact) mass is 343 g/mol. The van der Waals surface area contributed by atoms with E-state index in [0.717, 1.165) is 0 Å². The van der Waals surface area contributed by atoms with Crippen LogP contribution in [0, 0.1) is 0 Å². The lowest BCUT2D eigenvalue weighted by molar-refractivity contribution is -0.118. The molecule has 1 aromatic carbocycles. The molecule has 0 aliphatic rings. The molecule has 1 aromatic rings. The molecule has 0 heterocycles. The maximum Gasteiger partial charge on any atom is 0.335 e. The molecule has 3 amide bonds. The van der Waals surface area contributed by atoms with Gasteiger partial charge in [0.15, 0.2) is 0 Å². The van der Waals surface area contributed by atoms with Crippen LogP contribution in [0.25, 0.3) is 0 Å². The Hall–Kier alpha value is -2.09. The molecule has 0 aliphatic heterocycles. The van der Waals surface area contributed by atoms with Crippen LogP contribution < -0.4 is 16.0 Å². The molecule has 0 fully saturated rings. The second kappa shape index (κ2) is 7.49. The number of hydrogen-bond donors (Lipinski definition) is 4. The smallest absolute Gasteiger partial charge is 0.335 e. The fraction of sp³-hybridized carbons (Fsp3) is 0.250. The number of nitrogens with one attached hydrogen (secondary N) is 3. The van der Waals surface area contributed by atoms with Crippen molar-refractivity contribution in [3.63, 3.8) is 0 Å². The number of carboxylic acid groups (broad SMARTS) is 1. The number of carbonyl (C=O) groups excluding carboxylic acids is 2. The van der Waals surface area contributed by atoms with Crippen LogP contribution in [0.5, 0.6) is 0 Å². The van der Waals surface area contributed by atoms with E-state index in [-0.39, 0.29) is 18.0 Å². The second-order valence-electron chi connectivity index (χ2n) is 3.90. The van der Waals surface area contributed by atoms with E-state index in [0.29, 0.717) is 16.7 Å². The Morgan fingerprint density at radius 2 is 1.80 bits per heavy atom. The third-order valence-electron chi connectivity index (χ3n) is 2.19. The highest BCUT2D eigenvalue weighted by molar-refractivity contribution is 9.10. The summed E-state index contributed by atoms with van der Waals surface area (Å²) >= 11 is 3.17. The molecule has 0 unspecified atom stereocenters. The molecule has 7 nitrogen and oxygen atoms in total. The Morgan fingerprint density at radius 3 is 2.40 bits per heavy atom. The number of urea groups is 1. The summed E-state index contributed by atoms with van der Waals surface area (Å²) in [5, 5.41) is 16.5. The van der Waals surface area contributed by atoms with Gasteiger partial charge in [0.2, 0.25) is 5.91 Å². The molecule has 20 heavy (non-hydrogen) atoms. The van der Waals surface area contributed by atoms with Crippen molar-refractivity contribution in [2.24, 2.45) is 0 Å². The van der Waals surface area contributed by atoms with E-state index in [2.05, 4.69) is 31.9 Å². The first kappa shape index (κ1) is 16.0. The lowest BCUT2D eigenvalue weighted by Gasteiger charge is -2.09. The summed E-state index contributed by atoms with van der Waals surface area (Å²) in [6.45, 7) is 1.97. The van der Waals surface area contributed by atoms with Gasteiger partial charge in [-0.25, -0.2) is 9.59 Å². The number of carboxylic acids is 1. The number of hydrogen-bond acceptors (Lipinski definition) is 3. The topological polar surface area (TPSA) is 108 Å². The summed E-state index contributed by atoms with van der Waals surface area (Å²) < 4.78 is 0.547. The number of halogens is 1. The average Bonchev–Trinajstić information content (AvgIpc) is 2.33. The molecule has 108 valence electrons. The van der Waals surface area contributed by atoms with Gasteiger partial charge >= 0.3 is 12.0 Å². The molecule has 1 rings (SSSR count). The van der Waals surface area contributed by atoms with Gasteiger partial charge < -0.3 is 21.1 Å². The van der Waals surface area contributed by atoms with Crippen molar-refractivity contribution in [1.29, 1.82) is 0 Å². The van der Waals surface area contributed by atoms with Gasteiger partial charge in [0.05, 0.1) is 5.56 Å². The lowest BCUT2D eigenvalue weighted by Crippen LogP contribution is -2.36. The third kappa shape index (κ3) is 5.70. The van der Waals surface area contributed by atoms with Crippen molar-refractivity contribution >= 4 is 39.5 Å². The van der Waals surface area contributed by atoms with Crippen LogP contribution in [-0.2, 0) is 4.79 Å². The number of anilines is 1. The van der Waals surface area contributed by atoms with Crippen LogP contribution in [0.2, 0.25) is 0 Å². The maximum atomic E-state index is 11.6. The predicted octanol–water partition coefficient (Wildman–Crippen LogP) is 1.40. The third-order valence-corrected chi connectivity index (χ3v) is 2.64. The Labute approximate surface area is 123 Å². The minimum Gasteiger partial charge on any atom is -0.478 e. The maximum absolute atomic E-state index is 11.6. The van der Waals surface area contributed by atoms with Gasteiger partial charge in [-0.15, -0.1) is 0 Å². The van der Waals surface area contributed by atoms with Crippen molar-refractivity contribution in [1.82, 2.24) is 10.6 Å². The first-order valence-electron chi connectivity index (χ1n) is 5.71. The number of rotatable bonds is 5. The van der Waals surface area contributed by atoms with Crippen molar-refractivity contribution in [3.8, 4) is 0 Å². The molecule has 0 spiro atoms. The predicted molar refractivity (Wildman–Crippen MR) is 76.8 cm³/mol. The molecular weight excluding hydrogens is 330 g/mol. The SMILES string of the molecule is CC(=O)NCCNC(=O)Nc1cc(Br)cc(C(=O)O)c1. The first-order chi connectivity index (χ1) is 9.38. The fourth-order valence-electron chi connectivity index (χ4n) is 1.38. The van der Waals surface area contributed by atoms with Crippen LogP contribution in [0.15, 0.2) is 22.7 Å². The van der Waals surface area contributed by atoms with Crippen molar-refractivity contribution < 1.29 is 19.5 Å². The van der Waals surface area contributed by atoms with Gasteiger partial charge in [0.25, 0.3) is 0 Å². The standard InChI is InChI=1S/C12H14BrN3O4/c1-7(17)14-2-3-15-12(20)16-10-5-8(11(18)19)4-9(13)6-10/h4-6H,2-3H2,1H3,(H,14,17)(H,18,19)(H2,15,16,20). The molecular formula is C12H14BrN3O4.